The highest BCUT2D eigenvalue weighted by Crippen LogP contribution is 2.27. The van der Waals surface area contributed by atoms with E-state index in [9.17, 15) is 18.4 Å². The Morgan fingerprint density at radius 3 is 2.46 bits per heavy atom. The van der Waals surface area contributed by atoms with E-state index in [1.807, 2.05) is 39.0 Å². The molecule has 0 fully saturated rings. The molecule has 0 bridgehead atoms. The van der Waals surface area contributed by atoms with Crippen LogP contribution in [0.25, 0.3) is 0 Å². The number of hydrogen-bond acceptors (Lipinski definition) is 4. The Morgan fingerprint density at radius 1 is 1.07 bits per heavy atom. The van der Waals surface area contributed by atoms with Crippen molar-refractivity contribution >= 4 is 17.6 Å². The Balaban J connectivity index is 1.93. The van der Waals surface area contributed by atoms with Gasteiger partial charge in [0.15, 0.2) is 12.7 Å². The minimum absolute atomic E-state index is 0.206. The summed E-state index contributed by atoms with van der Waals surface area (Å²) < 4.78 is 37.3. The Morgan fingerprint density at radius 2 is 1.79 bits per heavy atom. The average Bonchev–Trinajstić information content (AvgIpc) is 2.62. The van der Waals surface area contributed by atoms with Crippen LogP contribution >= 0.6 is 0 Å². The van der Waals surface area contributed by atoms with Gasteiger partial charge < -0.3 is 14.8 Å². The van der Waals surface area contributed by atoms with Crippen LogP contribution in [0.4, 0.5) is 14.5 Å². The average molecular weight is 391 g/mol. The second-order valence-electron chi connectivity index (χ2n) is 6.73. The largest absolute Gasteiger partial charge is 0.482 e. The Bertz CT molecular complexity index is 867. The molecule has 1 unspecified atom stereocenters. The van der Waals surface area contributed by atoms with Crippen LogP contribution in [0.15, 0.2) is 36.4 Å². The van der Waals surface area contributed by atoms with Crippen LogP contribution in [0.2, 0.25) is 0 Å². The number of carbonyl (C=O) groups excluding carboxylic acids is 2. The maximum absolute atomic E-state index is 13.6. The fraction of sp³-hybridized carbons (Fsp3) is 0.333. The minimum Gasteiger partial charge on any atom is -0.482 e. The van der Waals surface area contributed by atoms with Gasteiger partial charge in [0, 0.05) is 6.07 Å². The molecule has 1 amide bonds. The first-order valence-corrected chi connectivity index (χ1v) is 8.86. The number of nitrogens with one attached hydrogen (secondary N) is 1. The molecule has 0 spiro atoms. The van der Waals surface area contributed by atoms with Gasteiger partial charge in [0.25, 0.3) is 5.91 Å². The van der Waals surface area contributed by atoms with Gasteiger partial charge in [-0.2, -0.15) is 0 Å². The molecule has 28 heavy (non-hydrogen) atoms. The van der Waals surface area contributed by atoms with Crippen molar-refractivity contribution in [2.45, 2.75) is 39.7 Å². The van der Waals surface area contributed by atoms with Crippen molar-refractivity contribution in [1.82, 2.24) is 0 Å². The van der Waals surface area contributed by atoms with E-state index >= 15 is 0 Å². The lowest BCUT2D eigenvalue weighted by molar-refractivity contribution is -0.155. The fourth-order valence-electron chi connectivity index (χ4n) is 2.49. The number of aryl methyl sites for hydroxylation is 1. The fourth-order valence-corrected chi connectivity index (χ4v) is 2.49. The molecule has 0 aliphatic carbocycles. The van der Waals surface area contributed by atoms with Crippen LogP contribution in [-0.2, 0) is 14.3 Å². The van der Waals surface area contributed by atoms with E-state index in [-0.39, 0.29) is 18.2 Å². The normalized spacial score (nSPS) is 11.8. The second kappa shape index (κ2) is 9.30. The molecule has 0 aromatic heterocycles. The number of esters is 1. The number of ether oxygens (including phenoxy) is 2. The van der Waals surface area contributed by atoms with E-state index in [4.69, 9.17) is 9.47 Å². The summed E-state index contributed by atoms with van der Waals surface area (Å²) in [5, 5.41) is 2.19. The first-order chi connectivity index (χ1) is 13.2. The third-order valence-corrected chi connectivity index (χ3v) is 4.00. The van der Waals surface area contributed by atoms with Crippen LogP contribution in [0.3, 0.4) is 0 Å². The third-order valence-electron chi connectivity index (χ3n) is 4.00. The monoisotopic (exact) mass is 391 g/mol. The van der Waals surface area contributed by atoms with Crippen molar-refractivity contribution in [2.24, 2.45) is 0 Å². The van der Waals surface area contributed by atoms with Crippen LogP contribution in [0, 0.1) is 18.6 Å². The van der Waals surface area contributed by atoms with Crippen molar-refractivity contribution in [1.29, 1.82) is 0 Å². The number of halogens is 2. The smallest absolute Gasteiger partial charge is 0.344 e. The number of hydrogen-bond donors (Lipinski definition) is 1. The van der Waals surface area contributed by atoms with Gasteiger partial charge in [-0.15, -0.1) is 0 Å². The zero-order valence-electron chi connectivity index (χ0n) is 16.2. The SMILES string of the molecule is Cc1ccc(C(C)C)c(OCC(=O)OC(C)C(=O)Nc2cc(F)ccc2F)c1. The molecule has 0 aliphatic rings. The maximum Gasteiger partial charge on any atom is 0.344 e. The van der Waals surface area contributed by atoms with Gasteiger partial charge in [0.05, 0.1) is 5.69 Å². The summed E-state index contributed by atoms with van der Waals surface area (Å²) in [6, 6.07) is 8.39. The van der Waals surface area contributed by atoms with Crippen molar-refractivity contribution in [3.8, 4) is 5.75 Å². The van der Waals surface area contributed by atoms with Crippen LogP contribution in [0.1, 0.15) is 37.8 Å². The summed E-state index contributed by atoms with van der Waals surface area (Å²) in [5.41, 5.74) is 1.61. The molecule has 1 atom stereocenters. The quantitative estimate of drug-likeness (QED) is 0.713. The molecule has 7 heteroatoms. The molecule has 2 rings (SSSR count). The molecule has 1 N–H and O–H groups in total. The molecule has 0 saturated carbocycles. The maximum atomic E-state index is 13.6. The first kappa shape index (κ1) is 21.3. The highest BCUT2D eigenvalue weighted by molar-refractivity contribution is 5.95. The highest BCUT2D eigenvalue weighted by Gasteiger charge is 2.20. The van der Waals surface area contributed by atoms with Crippen LogP contribution < -0.4 is 10.1 Å². The molecule has 0 aliphatic heterocycles. The van der Waals surface area contributed by atoms with Gasteiger partial charge >= 0.3 is 5.97 Å². The van der Waals surface area contributed by atoms with Crippen LogP contribution in [-0.4, -0.2) is 24.6 Å². The molecule has 0 saturated heterocycles. The second-order valence-corrected chi connectivity index (χ2v) is 6.73. The molecular formula is C21H23F2NO4. The van der Waals surface area contributed by atoms with E-state index in [1.54, 1.807) is 0 Å². The van der Waals surface area contributed by atoms with E-state index in [2.05, 4.69) is 5.32 Å². The molecule has 150 valence electrons. The predicted octanol–water partition coefficient (Wildman–Crippen LogP) is 4.35. The minimum atomic E-state index is -1.21. The van der Waals surface area contributed by atoms with Crippen molar-refractivity contribution in [3.63, 3.8) is 0 Å². The lowest BCUT2D eigenvalue weighted by atomic mass is 10.0. The zero-order chi connectivity index (χ0) is 20.8. The third kappa shape index (κ3) is 5.77. The predicted molar refractivity (Wildman–Crippen MR) is 101 cm³/mol. The van der Waals surface area contributed by atoms with E-state index in [0.717, 1.165) is 29.3 Å². The van der Waals surface area contributed by atoms with Crippen LogP contribution in [0.5, 0.6) is 5.75 Å². The first-order valence-electron chi connectivity index (χ1n) is 8.86. The lowest BCUT2D eigenvalue weighted by Gasteiger charge is -2.16. The molecule has 2 aromatic rings. The van der Waals surface area contributed by atoms with Gasteiger partial charge in [-0.05, 0) is 49.1 Å². The number of benzene rings is 2. The summed E-state index contributed by atoms with van der Waals surface area (Å²) in [7, 11) is 0. The highest BCUT2D eigenvalue weighted by atomic mass is 19.1. The Hall–Kier alpha value is -2.96. The zero-order valence-corrected chi connectivity index (χ0v) is 16.2. The van der Waals surface area contributed by atoms with Gasteiger partial charge in [-0.3, -0.25) is 4.79 Å². The molecule has 0 heterocycles. The molecule has 5 nitrogen and oxygen atoms in total. The topological polar surface area (TPSA) is 64.6 Å². The lowest BCUT2D eigenvalue weighted by Crippen LogP contribution is -2.32. The van der Waals surface area contributed by atoms with Gasteiger partial charge in [0.2, 0.25) is 0 Å². The van der Waals surface area contributed by atoms with Gasteiger partial charge in [-0.25, -0.2) is 13.6 Å². The molecular weight excluding hydrogens is 368 g/mol. The van der Waals surface area contributed by atoms with Crippen molar-refractivity contribution in [2.75, 3.05) is 11.9 Å². The number of amides is 1. The molecule has 2 aromatic carbocycles. The summed E-state index contributed by atoms with van der Waals surface area (Å²) >= 11 is 0. The van der Waals surface area contributed by atoms with E-state index < -0.39 is 29.6 Å². The summed E-state index contributed by atoms with van der Waals surface area (Å²) in [6.07, 6.45) is -1.21. The van der Waals surface area contributed by atoms with Crippen molar-refractivity contribution in [3.05, 3.63) is 59.2 Å². The van der Waals surface area contributed by atoms with Gasteiger partial charge in [-0.1, -0.05) is 26.0 Å². The van der Waals surface area contributed by atoms with E-state index in [1.165, 1.54) is 6.92 Å². The standard InChI is InChI=1S/C21H23F2NO4/c1-12(2)16-7-5-13(3)9-19(16)27-11-20(25)28-14(4)21(26)24-18-10-15(22)6-8-17(18)23/h5-10,12,14H,11H2,1-4H3,(H,24,26). The number of carbonyl (C=O) groups is 2. The Labute approximate surface area is 162 Å². The van der Waals surface area contributed by atoms with E-state index in [0.29, 0.717) is 5.75 Å². The molecule has 0 radical (unpaired) electrons. The Kier molecular flexibility index (Phi) is 7.09. The van der Waals surface area contributed by atoms with Gasteiger partial charge in [0.1, 0.15) is 17.4 Å². The summed E-state index contributed by atoms with van der Waals surface area (Å²) in [6.45, 7) is 6.88. The number of anilines is 1. The summed E-state index contributed by atoms with van der Waals surface area (Å²) in [5.74, 6) is -2.25. The number of rotatable bonds is 7. The van der Waals surface area contributed by atoms with Crippen molar-refractivity contribution < 1.29 is 27.8 Å². The summed E-state index contributed by atoms with van der Waals surface area (Å²) in [4.78, 5) is 24.1.